The number of rotatable bonds is 4. The van der Waals surface area contributed by atoms with Crippen molar-refractivity contribution in [1.29, 1.82) is 0 Å². The summed E-state index contributed by atoms with van der Waals surface area (Å²) in [7, 11) is -3.34. The summed E-state index contributed by atoms with van der Waals surface area (Å²) in [6.07, 6.45) is 4.90. The van der Waals surface area contributed by atoms with Gasteiger partial charge in [-0.3, -0.25) is 4.79 Å². The summed E-state index contributed by atoms with van der Waals surface area (Å²) in [5, 5.41) is 2.84. The van der Waals surface area contributed by atoms with E-state index in [4.69, 9.17) is 0 Å². The van der Waals surface area contributed by atoms with E-state index in [1.54, 1.807) is 0 Å². The smallest absolute Gasteiger partial charge is 0.242 e. The van der Waals surface area contributed by atoms with Gasteiger partial charge in [-0.1, -0.05) is 0 Å². The van der Waals surface area contributed by atoms with Crippen LogP contribution in [0.15, 0.2) is 24.3 Å². The molecule has 7 heteroatoms. The number of sulfonamides is 1. The van der Waals surface area contributed by atoms with Gasteiger partial charge in [-0.05, 0) is 49.9 Å². The van der Waals surface area contributed by atoms with Crippen LogP contribution in [-0.4, -0.2) is 50.6 Å². The minimum atomic E-state index is -3.34. The molecule has 1 aromatic rings. The number of amides is 1. The number of nitrogens with zero attached hydrogens (tertiary/aromatic N) is 2. The van der Waals surface area contributed by atoms with Crippen LogP contribution in [-0.2, 0) is 14.8 Å². The van der Waals surface area contributed by atoms with Crippen LogP contribution in [0.25, 0.3) is 0 Å². The van der Waals surface area contributed by atoms with Gasteiger partial charge in [0, 0.05) is 31.0 Å². The molecule has 3 rings (SSSR count). The molecule has 0 spiro atoms. The largest absolute Gasteiger partial charge is 0.372 e. The van der Waals surface area contributed by atoms with Gasteiger partial charge in [0.15, 0.2) is 0 Å². The topological polar surface area (TPSA) is 69.7 Å². The van der Waals surface area contributed by atoms with Gasteiger partial charge in [-0.15, -0.1) is 0 Å². The van der Waals surface area contributed by atoms with Gasteiger partial charge in [-0.2, -0.15) is 4.31 Å². The Bertz CT molecular complexity index is 666. The summed E-state index contributed by atoms with van der Waals surface area (Å²) in [5.41, 5.74) is 1.87. The number of nitrogens with one attached hydrogen (secondary N) is 1. The molecule has 0 aromatic heterocycles. The molecular weight excluding hydrogens is 314 g/mol. The van der Waals surface area contributed by atoms with Gasteiger partial charge in [0.25, 0.3) is 0 Å². The summed E-state index contributed by atoms with van der Waals surface area (Å²) >= 11 is 0. The molecule has 1 atom stereocenters. The van der Waals surface area contributed by atoms with Crippen LogP contribution in [0.2, 0.25) is 0 Å². The molecule has 1 amide bonds. The number of benzene rings is 1. The Morgan fingerprint density at radius 2 is 1.74 bits per heavy atom. The number of carbonyl (C=O) groups is 1. The van der Waals surface area contributed by atoms with Crippen LogP contribution in [0, 0.1) is 0 Å². The molecule has 2 fully saturated rings. The summed E-state index contributed by atoms with van der Waals surface area (Å²) in [6.45, 7) is 2.58. The maximum atomic E-state index is 12.4. The van der Waals surface area contributed by atoms with Gasteiger partial charge in [0.05, 0.1) is 6.26 Å². The van der Waals surface area contributed by atoms with E-state index in [2.05, 4.69) is 10.2 Å². The fourth-order valence-electron chi connectivity index (χ4n) is 3.36. The monoisotopic (exact) mass is 337 g/mol. The van der Waals surface area contributed by atoms with Crippen molar-refractivity contribution in [1.82, 2.24) is 4.31 Å². The SMILES string of the molecule is CS(=O)(=O)N1CCCC1C(=O)Nc1ccc(N2CCCC2)cc1. The highest BCUT2D eigenvalue weighted by Crippen LogP contribution is 2.24. The van der Waals surface area contributed by atoms with E-state index < -0.39 is 16.1 Å². The average Bonchev–Trinajstić information content (AvgIpc) is 3.19. The summed E-state index contributed by atoms with van der Waals surface area (Å²) in [5.74, 6) is -0.248. The van der Waals surface area contributed by atoms with E-state index in [-0.39, 0.29) is 5.91 Å². The standard InChI is InChI=1S/C16H23N3O3S/c1-23(21,22)19-12-4-5-15(19)16(20)17-13-6-8-14(9-7-13)18-10-2-3-11-18/h6-9,15H,2-5,10-12H2,1H3,(H,17,20). The molecule has 23 heavy (non-hydrogen) atoms. The molecule has 0 saturated carbocycles. The maximum Gasteiger partial charge on any atom is 0.242 e. The van der Waals surface area contributed by atoms with Crippen molar-refractivity contribution in [3.05, 3.63) is 24.3 Å². The molecule has 2 saturated heterocycles. The van der Waals surface area contributed by atoms with Crippen LogP contribution in [0.1, 0.15) is 25.7 Å². The highest BCUT2D eigenvalue weighted by atomic mass is 32.2. The molecule has 2 aliphatic heterocycles. The molecule has 1 unspecified atom stereocenters. The van der Waals surface area contributed by atoms with Crippen molar-refractivity contribution in [2.24, 2.45) is 0 Å². The van der Waals surface area contributed by atoms with Crippen molar-refractivity contribution in [2.45, 2.75) is 31.7 Å². The molecule has 2 heterocycles. The molecular formula is C16H23N3O3S. The quantitative estimate of drug-likeness (QED) is 0.907. The summed E-state index contributed by atoms with van der Waals surface area (Å²) < 4.78 is 24.8. The number of hydrogen-bond acceptors (Lipinski definition) is 4. The summed E-state index contributed by atoms with van der Waals surface area (Å²) in [4.78, 5) is 14.7. The second kappa shape index (κ2) is 6.49. The van der Waals surface area contributed by atoms with Crippen molar-refractivity contribution in [3.8, 4) is 0 Å². The number of hydrogen-bond donors (Lipinski definition) is 1. The normalized spacial score (nSPS) is 22.5. The molecule has 0 aliphatic carbocycles. The molecule has 1 N–H and O–H groups in total. The van der Waals surface area contributed by atoms with Crippen LogP contribution in [0.3, 0.4) is 0 Å². The van der Waals surface area contributed by atoms with Crippen LogP contribution < -0.4 is 10.2 Å². The van der Waals surface area contributed by atoms with Crippen molar-refractivity contribution >= 4 is 27.3 Å². The van der Waals surface area contributed by atoms with E-state index in [0.717, 1.165) is 25.8 Å². The highest BCUT2D eigenvalue weighted by Gasteiger charge is 2.36. The fraction of sp³-hybridized carbons (Fsp3) is 0.562. The second-order valence-electron chi connectivity index (χ2n) is 6.26. The van der Waals surface area contributed by atoms with Crippen LogP contribution in [0.4, 0.5) is 11.4 Å². The Morgan fingerprint density at radius 3 is 2.35 bits per heavy atom. The zero-order chi connectivity index (χ0) is 16.4. The Kier molecular flexibility index (Phi) is 4.59. The van der Waals surface area contributed by atoms with Gasteiger partial charge < -0.3 is 10.2 Å². The van der Waals surface area contributed by atoms with Gasteiger partial charge in [0.2, 0.25) is 15.9 Å². The first-order valence-corrected chi connectivity index (χ1v) is 9.93. The number of carbonyl (C=O) groups excluding carboxylic acids is 1. The lowest BCUT2D eigenvalue weighted by atomic mass is 10.2. The van der Waals surface area contributed by atoms with Crippen LogP contribution in [0.5, 0.6) is 0 Å². The first-order chi connectivity index (χ1) is 10.9. The fourth-order valence-corrected chi connectivity index (χ4v) is 4.48. The lowest BCUT2D eigenvalue weighted by Gasteiger charge is -2.22. The average molecular weight is 337 g/mol. The van der Waals surface area contributed by atoms with E-state index in [9.17, 15) is 13.2 Å². The predicted octanol–water partition coefficient (Wildman–Crippen LogP) is 1.65. The number of anilines is 2. The lowest BCUT2D eigenvalue weighted by Crippen LogP contribution is -2.42. The van der Waals surface area contributed by atoms with E-state index in [1.807, 2.05) is 24.3 Å². The first-order valence-electron chi connectivity index (χ1n) is 8.08. The lowest BCUT2D eigenvalue weighted by molar-refractivity contribution is -0.119. The first kappa shape index (κ1) is 16.3. The highest BCUT2D eigenvalue weighted by molar-refractivity contribution is 7.88. The van der Waals surface area contributed by atoms with E-state index in [1.165, 1.54) is 22.8 Å². The molecule has 1 aromatic carbocycles. The Balaban J connectivity index is 1.65. The Hall–Kier alpha value is -1.60. The third-order valence-electron chi connectivity index (χ3n) is 4.54. The van der Waals surface area contributed by atoms with Gasteiger partial charge in [0.1, 0.15) is 6.04 Å². The minimum Gasteiger partial charge on any atom is -0.372 e. The van der Waals surface area contributed by atoms with E-state index in [0.29, 0.717) is 18.7 Å². The maximum absolute atomic E-state index is 12.4. The molecule has 6 nitrogen and oxygen atoms in total. The molecule has 0 radical (unpaired) electrons. The third kappa shape index (κ3) is 3.67. The van der Waals surface area contributed by atoms with Crippen LogP contribution >= 0.6 is 0 Å². The molecule has 0 bridgehead atoms. The predicted molar refractivity (Wildman–Crippen MR) is 91.1 cm³/mol. The molecule has 2 aliphatic rings. The van der Waals surface area contributed by atoms with Gasteiger partial charge >= 0.3 is 0 Å². The molecule has 126 valence electrons. The Morgan fingerprint density at radius 1 is 1.09 bits per heavy atom. The third-order valence-corrected chi connectivity index (χ3v) is 5.83. The summed E-state index contributed by atoms with van der Waals surface area (Å²) in [6, 6.07) is 7.17. The van der Waals surface area contributed by atoms with Crippen molar-refractivity contribution < 1.29 is 13.2 Å². The van der Waals surface area contributed by atoms with E-state index >= 15 is 0 Å². The minimum absolute atomic E-state index is 0.248. The van der Waals surface area contributed by atoms with Gasteiger partial charge in [-0.25, -0.2) is 8.42 Å². The van der Waals surface area contributed by atoms with Crippen molar-refractivity contribution in [3.63, 3.8) is 0 Å². The Labute approximate surface area is 137 Å². The van der Waals surface area contributed by atoms with Crippen molar-refractivity contribution in [2.75, 3.05) is 36.1 Å². The zero-order valence-corrected chi connectivity index (χ0v) is 14.2. The second-order valence-corrected chi connectivity index (χ2v) is 8.20. The zero-order valence-electron chi connectivity index (χ0n) is 13.4.